The van der Waals surface area contributed by atoms with Crippen molar-refractivity contribution in [1.29, 1.82) is 0 Å². The van der Waals surface area contributed by atoms with Crippen molar-refractivity contribution in [3.05, 3.63) is 22.7 Å². The van der Waals surface area contributed by atoms with Gasteiger partial charge in [-0.3, -0.25) is 5.73 Å². The van der Waals surface area contributed by atoms with Crippen LogP contribution in [0.4, 0.5) is 5.69 Å². The van der Waals surface area contributed by atoms with Gasteiger partial charge < -0.3 is 4.74 Å². The van der Waals surface area contributed by atoms with E-state index in [1.54, 1.807) is 19.2 Å². The minimum Gasteiger partial charge on any atom is -0.495 e. The number of ether oxygens (including phenoxy) is 1. The first-order valence-corrected chi connectivity index (χ1v) is 3.59. The van der Waals surface area contributed by atoms with Gasteiger partial charge in [0.25, 0.3) is 0 Å². The summed E-state index contributed by atoms with van der Waals surface area (Å²) in [6.07, 6.45) is 0. The Morgan fingerprint density at radius 1 is 1.50 bits per heavy atom. The maximum atomic E-state index is 7.34. The van der Waals surface area contributed by atoms with Crippen molar-refractivity contribution in [2.45, 2.75) is 0 Å². The minimum atomic E-state index is 0.444. The van der Waals surface area contributed by atoms with E-state index in [2.05, 4.69) is 15.9 Å². The van der Waals surface area contributed by atoms with Gasteiger partial charge in [0.05, 0.1) is 17.3 Å². The van der Waals surface area contributed by atoms with E-state index in [1.807, 2.05) is 6.07 Å². The Morgan fingerprint density at radius 3 is 2.70 bits per heavy atom. The molecule has 0 amide bonds. The molecule has 0 fully saturated rings. The molecule has 0 aliphatic heterocycles. The molecule has 0 atom stereocenters. The van der Waals surface area contributed by atoms with Gasteiger partial charge in [0, 0.05) is 0 Å². The third-order valence-electron chi connectivity index (χ3n) is 1.18. The molecule has 0 aliphatic carbocycles. The first-order valence-electron chi connectivity index (χ1n) is 2.80. The van der Waals surface area contributed by atoms with Crippen LogP contribution in [0.3, 0.4) is 0 Å². The molecule has 0 aliphatic rings. The van der Waals surface area contributed by atoms with E-state index in [9.17, 15) is 0 Å². The third kappa shape index (κ3) is 1.24. The molecule has 0 saturated carbocycles. The molecule has 0 saturated heterocycles. The van der Waals surface area contributed by atoms with Gasteiger partial charge in [0.15, 0.2) is 0 Å². The molecule has 0 heterocycles. The van der Waals surface area contributed by atoms with Crippen molar-refractivity contribution in [3.63, 3.8) is 0 Å². The molecule has 1 N–H and O–H groups in total. The number of halogens is 1. The van der Waals surface area contributed by atoms with Gasteiger partial charge in [-0.2, -0.15) is 0 Å². The maximum Gasteiger partial charge on any atom is 0.135 e. The average Bonchev–Trinajstić information content (AvgIpc) is 1.95. The predicted molar refractivity (Wildman–Crippen MR) is 43.5 cm³/mol. The number of benzene rings is 1. The second-order valence-corrected chi connectivity index (χ2v) is 2.61. The topological polar surface area (TPSA) is 33.0 Å². The number of hydrogen-bond donors (Lipinski definition) is 0. The predicted octanol–water partition coefficient (Wildman–Crippen LogP) is 2.37. The van der Waals surface area contributed by atoms with Crippen molar-refractivity contribution < 1.29 is 4.74 Å². The Morgan fingerprint density at radius 2 is 2.20 bits per heavy atom. The van der Waals surface area contributed by atoms with Crippen molar-refractivity contribution in [2.24, 2.45) is 0 Å². The SMILES string of the molecule is COc1cccc([NH])c1Br. The highest BCUT2D eigenvalue weighted by Gasteiger charge is 2.00. The highest BCUT2D eigenvalue weighted by molar-refractivity contribution is 9.10. The second kappa shape index (κ2) is 2.92. The molecule has 3 heteroatoms. The highest BCUT2D eigenvalue weighted by atomic mass is 79.9. The fourth-order valence-corrected chi connectivity index (χ4v) is 1.09. The largest absolute Gasteiger partial charge is 0.495 e. The highest BCUT2D eigenvalue weighted by Crippen LogP contribution is 2.30. The lowest BCUT2D eigenvalue weighted by molar-refractivity contribution is 0.412. The van der Waals surface area contributed by atoms with Crippen LogP contribution in [0.2, 0.25) is 0 Å². The summed E-state index contributed by atoms with van der Waals surface area (Å²) in [6, 6.07) is 5.29. The van der Waals surface area contributed by atoms with Crippen LogP contribution in [-0.4, -0.2) is 7.11 Å². The summed E-state index contributed by atoms with van der Waals surface area (Å²) in [7, 11) is 1.58. The Balaban J connectivity index is 3.14. The van der Waals surface area contributed by atoms with Crippen molar-refractivity contribution in [2.75, 3.05) is 7.11 Å². The molecule has 1 rings (SSSR count). The number of methoxy groups -OCH3 is 1. The molecule has 10 heavy (non-hydrogen) atoms. The number of rotatable bonds is 1. The molecule has 0 aromatic heterocycles. The fraction of sp³-hybridized carbons (Fsp3) is 0.143. The van der Waals surface area contributed by atoms with Crippen molar-refractivity contribution >= 4 is 21.6 Å². The van der Waals surface area contributed by atoms with Gasteiger partial charge >= 0.3 is 0 Å². The van der Waals surface area contributed by atoms with Crippen LogP contribution in [0, 0.1) is 0 Å². The van der Waals surface area contributed by atoms with E-state index in [-0.39, 0.29) is 0 Å². The van der Waals surface area contributed by atoms with Gasteiger partial charge in [-0.25, -0.2) is 0 Å². The molecule has 53 valence electrons. The Kier molecular flexibility index (Phi) is 2.17. The smallest absolute Gasteiger partial charge is 0.135 e. The van der Waals surface area contributed by atoms with E-state index in [4.69, 9.17) is 10.5 Å². The van der Waals surface area contributed by atoms with Gasteiger partial charge in [-0.15, -0.1) is 0 Å². The number of hydrogen-bond acceptors (Lipinski definition) is 1. The van der Waals surface area contributed by atoms with Gasteiger partial charge in [0.2, 0.25) is 0 Å². The normalized spacial score (nSPS) is 9.40. The standard InChI is InChI=1S/C7H7BrNO/c1-10-6-4-2-3-5(9)7(6)8/h2-4,9H,1H3. The molecular weight excluding hydrogens is 194 g/mol. The summed E-state index contributed by atoms with van der Waals surface area (Å²) in [5.41, 5.74) is 7.78. The van der Waals surface area contributed by atoms with Crippen LogP contribution >= 0.6 is 15.9 Å². The van der Waals surface area contributed by atoms with Crippen LogP contribution < -0.4 is 10.5 Å². The lowest BCUT2D eigenvalue weighted by atomic mass is 10.3. The first kappa shape index (κ1) is 7.41. The van der Waals surface area contributed by atoms with Crippen LogP contribution in [0.15, 0.2) is 22.7 Å². The molecular formula is C7H7BrNO. The summed E-state index contributed by atoms with van der Waals surface area (Å²) in [4.78, 5) is 0. The quantitative estimate of drug-likeness (QED) is 0.686. The molecule has 0 bridgehead atoms. The second-order valence-electron chi connectivity index (χ2n) is 1.82. The van der Waals surface area contributed by atoms with Crippen LogP contribution in [0.5, 0.6) is 5.75 Å². The van der Waals surface area contributed by atoms with Crippen LogP contribution in [-0.2, 0) is 0 Å². The first-order chi connectivity index (χ1) is 4.75. The van der Waals surface area contributed by atoms with E-state index in [1.165, 1.54) is 0 Å². The van der Waals surface area contributed by atoms with Gasteiger partial charge in [0.1, 0.15) is 5.75 Å². The van der Waals surface area contributed by atoms with Gasteiger partial charge in [-0.05, 0) is 28.1 Å². The summed E-state index contributed by atoms with van der Waals surface area (Å²) in [5, 5.41) is 0. The summed E-state index contributed by atoms with van der Waals surface area (Å²) in [6.45, 7) is 0. The average molecular weight is 201 g/mol. The number of nitrogens with one attached hydrogen (secondary N) is 1. The minimum absolute atomic E-state index is 0.444. The fourth-order valence-electron chi connectivity index (χ4n) is 0.668. The lowest BCUT2D eigenvalue weighted by Crippen LogP contribution is -1.84. The molecule has 0 spiro atoms. The van der Waals surface area contributed by atoms with E-state index >= 15 is 0 Å². The summed E-state index contributed by atoms with van der Waals surface area (Å²) < 4.78 is 5.66. The molecule has 1 aromatic rings. The molecule has 0 unspecified atom stereocenters. The van der Waals surface area contributed by atoms with Crippen LogP contribution in [0.25, 0.3) is 0 Å². The monoisotopic (exact) mass is 200 g/mol. The Hall–Kier alpha value is -0.700. The third-order valence-corrected chi connectivity index (χ3v) is 2.00. The van der Waals surface area contributed by atoms with Crippen molar-refractivity contribution in [1.82, 2.24) is 5.73 Å². The van der Waals surface area contributed by atoms with E-state index in [0.29, 0.717) is 15.9 Å². The van der Waals surface area contributed by atoms with Crippen LogP contribution in [0.1, 0.15) is 0 Å². The summed E-state index contributed by atoms with van der Waals surface area (Å²) in [5.74, 6) is 0.701. The van der Waals surface area contributed by atoms with Crippen molar-refractivity contribution in [3.8, 4) is 5.75 Å². The van der Waals surface area contributed by atoms with Gasteiger partial charge in [-0.1, -0.05) is 6.07 Å². The molecule has 1 aromatic carbocycles. The zero-order valence-corrected chi connectivity index (χ0v) is 7.10. The zero-order chi connectivity index (χ0) is 7.56. The van der Waals surface area contributed by atoms with E-state index < -0.39 is 0 Å². The maximum absolute atomic E-state index is 7.34. The molecule has 2 nitrogen and oxygen atoms in total. The Bertz CT molecular complexity index is 237. The lowest BCUT2D eigenvalue weighted by Gasteiger charge is -2.02. The summed E-state index contributed by atoms with van der Waals surface area (Å²) >= 11 is 3.23. The molecule has 1 radical (unpaired) electrons. The zero-order valence-electron chi connectivity index (χ0n) is 5.52. The van der Waals surface area contributed by atoms with E-state index in [0.717, 1.165) is 0 Å². The Labute approximate surface area is 68.1 Å².